The lowest BCUT2D eigenvalue weighted by Gasteiger charge is -2.30. The Morgan fingerprint density at radius 1 is 1.33 bits per heavy atom. The Hall–Kier alpha value is -3.88. The van der Waals surface area contributed by atoms with Gasteiger partial charge in [-0.2, -0.15) is 23.4 Å². The van der Waals surface area contributed by atoms with Gasteiger partial charge in [0.05, 0.1) is 35.6 Å². The van der Waals surface area contributed by atoms with Crippen molar-refractivity contribution in [3.05, 3.63) is 58.8 Å². The van der Waals surface area contributed by atoms with Gasteiger partial charge in [0.15, 0.2) is 5.65 Å². The quantitative estimate of drug-likeness (QED) is 0.261. The summed E-state index contributed by atoms with van der Waals surface area (Å²) in [7, 11) is 0. The number of nitrogens with zero attached hydrogens (tertiary/aromatic N) is 5. The van der Waals surface area contributed by atoms with Crippen molar-refractivity contribution in [1.29, 1.82) is 0 Å². The number of alkyl halides is 5. The summed E-state index contributed by atoms with van der Waals surface area (Å²) < 4.78 is 71.0. The highest BCUT2D eigenvalue weighted by Crippen LogP contribution is 2.38. The highest BCUT2D eigenvalue weighted by Gasteiger charge is 2.45. The van der Waals surface area contributed by atoms with Crippen molar-refractivity contribution in [2.75, 3.05) is 6.54 Å². The van der Waals surface area contributed by atoms with Crippen LogP contribution in [0.5, 0.6) is 0 Å². The number of aliphatic hydroxyl groups excluding tert-OH is 1. The van der Waals surface area contributed by atoms with Gasteiger partial charge in [0.25, 0.3) is 11.8 Å². The number of allylic oxidation sites excluding steroid dienone is 1. The fraction of sp³-hybridized carbons (Fsp3) is 0.536. The number of hydrogen-bond acceptors (Lipinski definition) is 6. The Labute approximate surface area is 243 Å². The van der Waals surface area contributed by atoms with E-state index in [4.69, 9.17) is 0 Å². The van der Waals surface area contributed by atoms with Crippen molar-refractivity contribution in [1.82, 2.24) is 35.0 Å². The average molecular weight is 610 g/mol. The number of halogens is 5. The molecule has 0 saturated carbocycles. The number of nitrogens with one attached hydrogen (secondary N) is 2. The number of hydrogen-bond donors (Lipinski definition) is 3. The molecular formula is C28H32F5N7O3. The Balaban J connectivity index is 1.50. The topological polar surface area (TPSA) is 126 Å². The maximum Gasteiger partial charge on any atom is 0.393 e. The Kier molecular flexibility index (Phi) is 8.29. The van der Waals surface area contributed by atoms with Gasteiger partial charge in [0.1, 0.15) is 5.69 Å². The van der Waals surface area contributed by atoms with Gasteiger partial charge in [-0.05, 0) is 44.4 Å². The molecule has 3 aromatic rings. The first-order valence-corrected chi connectivity index (χ1v) is 14.1. The lowest BCUT2D eigenvalue weighted by molar-refractivity contribution is -0.183. The standard InChI is InChI=1S/C28H32F5N7O3/c1-3-39-22(6-9-35-39)26(43)37-24(16-4-7-27(29,30)8-5-16)21-14-40-23(36-21)12-19(15(2)41)20(38-40)11-17-10-18(28(31,32)33)13-34-25(17)42/h4,6,9,12,14-15,17-18,24,41H,3,5,7-8,10-11,13H2,1-2H3,(H,34,42)(H,37,43)/t15?,17?,18-,24+/m1/s1. The molecule has 0 bridgehead atoms. The first-order valence-electron chi connectivity index (χ1n) is 14.1. The number of imidazole rings is 1. The summed E-state index contributed by atoms with van der Waals surface area (Å²) in [6, 6.07) is 2.17. The summed E-state index contributed by atoms with van der Waals surface area (Å²) in [5, 5.41) is 24.3. The number of carbonyl (C=O) groups is 2. The number of rotatable bonds is 8. The molecule has 3 aromatic heterocycles. The van der Waals surface area contributed by atoms with Crippen molar-refractivity contribution in [2.45, 2.75) is 76.7 Å². The predicted octanol–water partition coefficient (Wildman–Crippen LogP) is 4.07. The number of piperidine rings is 1. The molecule has 0 aromatic carbocycles. The highest BCUT2D eigenvalue weighted by atomic mass is 19.4. The smallest absolute Gasteiger partial charge is 0.389 e. The molecule has 4 heterocycles. The summed E-state index contributed by atoms with van der Waals surface area (Å²) in [6.07, 6.45) is -2.62. The van der Waals surface area contributed by atoms with Crippen LogP contribution in [-0.2, 0) is 17.8 Å². The van der Waals surface area contributed by atoms with Gasteiger partial charge in [-0.1, -0.05) is 6.08 Å². The van der Waals surface area contributed by atoms with Gasteiger partial charge in [-0.25, -0.2) is 18.3 Å². The summed E-state index contributed by atoms with van der Waals surface area (Å²) in [5.74, 6) is -6.59. The second-order valence-corrected chi connectivity index (χ2v) is 11.1. The zero-order valence-corrected chi connectivity index (χ0v) is 23.5. The van der Waals surface area contributed by atoms with E-state index in [-0.39, 0.29) is 35.4 Å². The van der Waals surface area contributed by atoms with E-state index in [1.807, 2.05) is 6.92 Å². The molecule has 2 unspecified atom stereocenters. The van der Waals surface area contributed by atoms with Gasteiger partial charge in [-0.15, -0.1) is 0 Å². The number of aromatic nitrogens is 5. The third kappa shape index (κ3) is 6.55. The lowest BCUT2D eigenvalue weighted by atomic mass is 9.85. The van der Waals surface area contributed by atoms with Crippen LogP contribution in [-0.4, -0.2) is 59.9 Å². The van der Waals surface area contributed by atoms with E-state index < -0.39 is 73.7 Å². The minimum atomic E-state index is -4.47. The van der Waals surface area contributed by atoms with Gasteiger partial charge >= 0.3 is 6.18 Å². The van der Waals surface area contributed by atoms with E-state index in [1.165, 1.54) is 46.7 Å². The van der Waals surface area contributed by atoms with Crippen LogP contribution >= 0.6 is 0 Å². The minimum Gasteiger partial charge on any atom is -0.389 e. The molecule has 1 aliphatic carbocycles. The van der Waals surface area contributed by atoms with E-state index >= 15 is 0 Å². The molecule has 1 aliphatic heterocycles. The zero-order chi connectivity index (χ0) is 31.1. The molecule has 43 heavy (non-hydrogen) atoms. The second kappa shape index (κ2) is 11.7. The van der Waals surface area contributed by atoms with Crippen molar-refractivity contribution < 1.29 is 36.6 Å². The molecule has 15 heteroatoms. The molecule has 5 rings (SSSR count). The van der Waals surface area contributed by atoms with E-state index in [0.717, 1.165) is 0 Å². The first-order chi connectivity index (χ1) is 20.3. The van der Waals surface area contributed by atoms with E-state index in [9.17, 15) is 36.6 Å². The van der Waals surface area contributed by atoms with Crippen LogP contribution in [0, 0.1) is 11.8 Å². The fourth-order valence-electron chi connectivity index (χ4n) is 5.63. The first kappa shape index (κ1) is 30.6. The van der Waals surface area contributed by atoms with Crippen LogP contribution < -0.4 is 10.6 Å². The molecular weight excluding hydrogens is 577 g/mol. The Morgan fingerprint density at radius 2 is 2.09 bits per heavy atom. The van der Waals surface area contributed by atoms with Crippen LogP contribution in [0.25, 0.3) is 5.65 Å². The fourth-order valence-corrected chi connectivity index (χ4v) is 5.63. The molecule has 10 nitrogen and oxygen atoms in total. The van der Waals surface area contributed by atoms with Crippen LogP contribution in [0.1, 0.15) is 79.1 Å². The molecule has 2 amide bonds. The number of amides is 2. The van der Waals surface area contributed by atoms with Gasteiger partial charge in [-0.3, -0.25) is 14.3 Å². The summed E-state index contributed by atoms with van der Waals surface area (Å²) in [6.45, 7) is 3.22. The molecule has 2 aliphatic rings. The maximum atomic E-state index is 14.0. The Morgan fingerprint density at radius 3 is 2.74 bits per heavy atom. The van der Waals surface area contributed by atoms with Gasteiger partial charge < -0.3 is 15.7 Å². The van der Waals surface area contributed by atoms with E-state index in [2.05, 4.69) is 25.8 Å². The van der Waals surface area contributed by atoms with Crippen LogP contribution in [0.15, 0.2) is 36.2 Å². The Bertz CT molecular complexity index is 1540. The SMILES string of the molecule is CCn1nccc1C(=O)N[C@@H](C1=CCC(F)(F)CC1)c1cn2nc(CC3C[C@@H](C(F)(F)F)CNC3=O)c(C(C)O)cc2n1. The summed E-state index contributed by atoms with van der Waals surface area (Å²) in [5.41, 5.74) is 1.88. The minimum absolute atomic E-state index is 0.00756. The maximum absolute atomic E-state index is 14.0. The van der Waals surface area contributed by atoms with Crippen molar-refractivity contribution >= 4 is 17.5 Å². The predicted molar refractivity (Wildman–Crippen MR) is 143 cm³/mol. The lowest BCUT2D eigenvalue weighted by Crippen LogP contribution is -2.47. The van der Waals surface area contributed by atoms with Crippen molar-refractivity contribution in [3.63, 3.8) is 0 Å². The number of fused-ring (bicyclic) bond motifs is 1. The molecule has 1 fully saturated rings. The number of aliphatic hydroxyl groups is 1. The van der Waals surface area contributed by atoms with E-state index in [0.29, 0.717) is 17.8 Å². The monoisotopic (exact) mass is 609 g/mol. The molecule has 3 N–H and O–H groups in total. The van der Waals surface area contributed by atoms with Crippen LogP contribution in [0.4, 0.5) is 22.0 Å². The van der Waals surface area contributed by atoms with Gasteiger partial charge in [0, 0.05) is 50.0 Å². The molecule has 0 spiro atoms. The second-order valence-electron chi connectivity index (χ2n) is 11.1. The van der Waals surface area contributed by atoms with Gasteiger partial charge in [0.2, 0.25) is 5.91 Å². The molecule has 4 atom stereocenters. The van der Waals surface area contributed by atoms with Crippen LogP contribution in [0.3, 0.4) is 0 Å². The van der Waals surface area contributed by atoms with Crippen LogP contribution in [0.2, 0.25) is 0 Å². The molecule has 232 valence electrons. The number of carbonyl (C=O) groups excluding carboxylic acids is 2. The zero-order valence-electron chi connectivity index (χ0n) is 23.5. The third-order valence-corrected chi connectivity index (χ3v) is 8.03. The van der Waals surface area contributed by atoms with E-state index in [1.54, 1.807) is 0 Å². The summed E-state index contributed by atoms with van der Waals surface area (Å²) in [4.78, 5) is 30.3. The average Bonchev–Trinajstić information content (AvgIpc) is 3.58. The number of aryl methyl sites for hydroxylation is 1. The molecule has 1 saturated heterocycles. The van der Waals surface area contributed by atoms with Crippen molar-refractivity contribution in [2.24, 2.45) is 11.8 Å². The summed E-state index contributed by atoms with van der Waals surface area (Å²) >= 11 is 0. The largest absolute Gasteiger partial charge is 0.393 e. The van der Waals surface area contributed by atoms with Crippen molar-refractivity contribution in [3.8, 4) is 0 Å². The third-order valence-electron chi connectivity index (χ3n) is 8.03. The molecule has 0 radical (unpaired) electrons. The highest BCUT2D eigenvalue weighted by molar-refractivity contribution is 5.93. The normalized spacial score (nSPS) is 22.1.